The van der Waals surface area contributed by atoms with Gasteiger partial charge in [0.25, 0.3) is 5.91 Å². The molecule has 1 N–H and O–H groups in total. The highest BCUT2D eigenvalue weighted by molar-refractivity contribution is 5.92. The maximum absolute atomic E-state index is 11.7. The highest BCUT2D eigenvalue weighted by Gasteiger charge is 2.23. The number of hydrogen-bond donors (Lipinski definition) is 1. The summed E-state index contributed by atoms with van der Waals surface area (Å²) in [7, 11) is 3.60. The van der Waals surface area contributed by atoms with Crippen LogP contribution in [0.4, 0.5) is 0 Å². The number of amides is 1. The SMILES string of the molecule is CNC(=O)c1ccc(-c2cc(C)nc(C3CCCN(Cc4ccnn4C)C3)c2)cn1. The maximum Gasteiger partial charge on any atom is 0.269 e. The minimum Gasteiger partial charge on any atom is -0.354 e. The molecule has 1 atom stereocenters. The predicted molar refractivity (Wildman–Crippen MR) is 116 cm³/mol. The monoisotopic (exact) mass is 404 g/mol. The predicted octanol–water partition coefficient (Wildman–Crippen LogP) is 2.92. The minimum absolute atomic E-state index is 0.177. The average Bonchev–Trinajstić information content (AvgIpc) is 3.17. The summed E-state index contributed by atoms with van der Waals surface area (Å²) >= 11 is 0. The number of carbonyl (C=O) groups excluding carboxylic acids is 1. The highest BCUT2D eigenvalue weighted by atomic mass is 16.1. The number of carbonyl (C=O) groups is 1. The van der Waals surface area contributed by atoms with E-state index in [9.17, 15) is 4.79 Å². The first-order valence-corrected chi connectivity index (χ1v) is 10.4. The fraction of sp³-hybridized carbons (Fsp3) is 0.391. The molecule has 0 aromatic carbocycles. The van der Waals surface area contributed by atoms with Crippen molar-refractivity contribution >= 4 is 5.91 Å². The van der Waals surface area contributed by atoms with Crippen LogP contribution in [0.1, 0.15) is 46.3 Å². The van der Waals surface area contributed by atoms with E-state index in [2.05, 4.69) is 38.5 Å². The van der Waals surface area contributed by atoms with Crippen LogP contribution in [0.2, 0.25) is 0 Å². The molecule has 7 nitrogen and oxygen atoms in total. The molecular weight excluding hydrogens is 376 g/mol. The third-order valence-corrected chi connectivity index (χ3v) is 5.76. The van der Waals surface area contributed by atoms with Gasteiger partial charge in [-0.25, -0.2) is 0 Å². The number of pyridine rings is 2. The summed E-state index contributed by atoms with van der Waals surface area (Å²) in [5, 5.41) is 6.89. The lowest BCUT2D eigenvalue weighted by molar-refractivity contribution is 0.0958. The van der Waals surface area contributed by atoms with Gasteiger partial charge in [0, 0.05) is 62.4 Å². The number of nitrogens with zero attached hydrogens (tertiary/aromatic N) is 5. The van der Waals surface area contributed by atoms with Crippen molar-refractivity contribution in [3.8, 4) is 11.1 Å². The normalized spacial score (nSPS) is 17.1. The lowest BCUT2D eigenvalue weighted by Crippen LogP contribution is -2.34. The molecule has 156 valence electrons. The molecule has 3 aromatic heterocycles. The molecular formula is C23H28N6O. The Labute approximate surface area is 177 Å². The fourth-order valence-corrected chi connectivity index (χ4v) is 4.12. The van der Waals surface area contributed by atoms with Gasteiger partial charge in [0.1, 0.15) is 5.69 Å². The molecule has 0 spiro atoms. The summed E-state index contributed by atoms with van der Waals surface area (Å²) in [5.74, 6) is 0.229. The van der Waals surface area contributed by atoms with Crippen molar-refractivity contribution in [2.24, 2.45) is 7.05 Å². The van der Waals surface area contributed by atoms with Crippen molar-refractivity contribution < 1.29 is 4.79 Å². The molecule has 1 saturated heterocycles. The van der Waals surface area contributed by atoms with Crippen molar-refractivity contribution in [3.63, 3.8) is 0 Å². The molecule has 0 radical (unpaired) electrons. The molecule has 1 unspecified atom stereocenters. The molecule has 0 aliphatic carbocycles. The van der Waals surface area contributed by atoms with Gasteiger partial charge in [-0.05, 0) is 56.1 Å². The summed E-state index contributed by atoms with van der Waals surface area (Å²) in [6, 6.07) is 10.1. The Balaban J connectivity index is 1.54. The molecule has 7 heteroatoms. The Kier molecular flexibility index (Phi) is 5.90. The van der Waals surface area contributed by atoms with Gasteiger partial charge in [-0.1, -0.05) is 6.07 Å². The van der Waals surface area contributed by atoms with E-state index in [0.29, 0.717) is 11.6 Å². The molecule has 1 fully saturated rings. The molecule has 0 saturated carbocycles. The lowest BCUT2D eigenvalue weighted by atomic mass is 9.92. The Morgan fingerprint density at radius 3 is 2.80 bits per heavy atom. The second-order valence-electron chi connectivity index (χ2n) is 7.95. The number of aryl methyl sites for hydroxylation is 2. The minimum atomic E-state index is -0.177. The van der Waals surface area contributed by atoms with Crippen molar-refractivity contribution in [2.45, 2.75) is 32.2 Å². The molecule has 1 aliphatic rings. The van der Waals surface area contributed by atoms with Crippen LogP contribution in [0.5, 0.6) is 0 Å². The number of rotatable bonds is 5. The summed E-state index contributed by atoms with van der Waals surface area (Å²) in [6.07, 6.45) is 5.93. The van der Waals surface area contributed by atoms with Gasteiger partial charge < -0.3 is 5.32 Å². The Morgan fingerprint density at radius 1 is 1.23 bits per heavy atom. The number of nitrogens with one attached hydrogen (secondary N) is 1. The van der Waals surface area contributed by atoms with Crippen LogP contribution in [0, 0.1) is 6.92 Å². The van der Waals surface area contributed by atoms with Gasteiger partial charge >= 0.3 is 0 Å². The van der Waals surface area contributed by atoms with E-state index < -0.39 is 0 Å². The molecule has 0 bridgehead atoms. The van der Waals surface area contributed by atoms with E-state index in [1.54, 1.807) is 19.3 Å². The third-order valence-electron chi connectivity index (χ3n) is 5.76. The second-order valence-corrected chi connectivity index (χ2v) is 7.95. The number of aromatic nitrogens is 4. The number of likely N-dealkylation sites (tertiary alicyclic amines) is 1. The lowest BCUT2D eigenvalue weighted by Gasteiger charge is -2.32. The van der Waals surface area contributed by atoms with Crippen LogP contribution >= 0.6 is 0 Å². The average molecular weight is 405 g/mol. The quantitative estimate of drug-likeness (QED) is 0.708. The van der Waals surface area contributed by atoms with Crippen LogP contribution in [0.15, 0.2) is 42.7 Å². The molecule has 3 aromatic rings. The molecule has 1 aliphatic heterocycles. The van der Waals surface area contributed by atoms with Crippen molar-refractivity contribution in [2.75, 3.05) is 20.1 Å². The second kappa shape index (κ2) is 8.75. The number of piperidine rings is 1. The van der Waals surface area contributed by atoms with E-state index in [1.165, 1.54) is 5.69 Å². The largest absolute Gasteiger partial charge is 0.354 e. The van der Waals surface area contributed by atoms with Crippen LogP contribution in [0.25, 0.3) is 11.1 Å². The zero-order valence-electron chi connectivity index (χ0n) is 17.8. The van der Waals surface area contributed by atoms with Crippen molar-refractivity contribution in [1.29, 1.82) is 0 Å². The van der Waals surface area contributed by atoms with E-state index >= 15 is 0 Å². The van der Waals surface area contributed by atoms with Crippen molar-refractivity contribution in [1.82, 2.24) is 30.0 Å². The summed E-state index contributed by atoms with van der Waals surface area (Å²) in [5.41, 5.74) is 5.88. The van der Waals surface area contributed by atoms with Gasteiger partial charge in [-0.3, -0.25) is 24.3 Å². The van der Waals surface area contributed by atoms with Gasteiger partial charge in [0.05, 0.1) is 5.69 Å². The Hall–Kier alpha value is -3.06. The van der Waals surface area contributed by atoms with Crippen molar-refractivity contribution in [3.05, 3.63) is 65.5 Å². The smallest absolute Gasteiger partial charge is 0.269 e. The standard InChI is InChI=1S/C23H28N6O/c1-16-11-19(17-6-7-21(25-13-17)23(30)24-2)12-22(27-16)18-5-4-10-29(14-18)15-20-8-9-26-28(20)3/h6-9,11-13,18H,4-5,10,14-15H2,1-3H3,(H,24,30). The first-order valence-electron chi connectivity index (χ1n) is 10.4. The molecule has 30 heavy (non-hydrogen) atoms. The fourth-order valence-electron chi connectivity index (χ4n) is 4.12. The Morgan fingerprint density at radius 2 is 2.10 bits per heavy atom. The molecule has 4 heterocycles. The summed E-state index contributed by atoms with van der Waals surface area (Å²) < 4.78 is 1.95. The van der Waals surface area contributed by atoms with Crippen LogP contribution < -0.4 is 5.32 Å². The summed E-state index contributed by atoms with van der Waals surface area (Å²) in [6.45, 7) is 5.05. The van der Waals surface area contributed by atoms with Gasteiger partial charge in [0.2, 0.25) is 0 Å². The van der Waals surface area contributed by atoms with Gasteiger partial charge in [-0.2, -0.15) is 5.10 Å². The van der Waals surface area contributed by atoms with Crippen LogP contribution in [-0.4, -0.2) is 50.7 Å². The number of hydrogen-bond acceptors (Lipinski definition) is 5. The first kappa shape index (κ1) is 20.2. The van der Waals surface area contributed by atoms with Gasteiger partial charge in [0.15, 0.2) is 0 Å². The van der Waals surface area contributed by atoms with E-state index in [-0.39, 0.29) is 5.91 Å². The zero-order chi connectivity index (χ0) is 21.1. The van der Waals surface area contributed by atoms with Crippen LogP contribution in [-0.2, 0) is 13.6 Å². The molecule has 4 rings (SSSR count). The summed E-state index contributed by atoms with van der Waals surface area (Å²) in [4.78, 5) is 23.4. The molecule has 1 amide bonds. The third kappa shape index (κ3) is 4.41. The van der Waals surface area contributed by atoms with Crippen LogP contribution in [0.3, 0.4) is 0 Å². The highest BCUT2D eigenvalue weighted by Crippen LogP contribution is 2.30. The maximum atomic E-state index is 11.7. The topological polar surface area (TPSA) is 75.9 Å². The van der Waals surface area contributed by atoms with E-state index in [1.807, 2.05) is 30.9 Å². The van der Waals surface area contributed by atoms with E-state index in [0.717, 1.165) is 55.0 Å². The van der Waals surface area contributed by atoms with E-state index in [4.69, 9.17) is 4.98 Å². The van der Waals surface area contributed by atoms with Gasteiger partial charge in [-0.15, -0.1) is 0 Å². The zero-order valence-corrected chi connectivity index (χ0v) is 17.8. The Bertz CT molecular complexity index is 1030. The first-order chi connectivity index (χ1) is 14.5.